The summed E-state index contributed by atoms with van der Waals surface area (Å²) in [6.07, 6.45) is 8.13. The predicted octanol–water partition coefficient (Wildman–Crippen LogP) is 3.44. The lowest BCUT2D eigenvalue weighted by atomic mass is 9.63. The van der Waals surface area contributed by atoms with Gasteiger partial charge in [0.05, 0.1) is 11.8 Å². The average molecular weight is 421 g/mol. The number of unbranched alkanes of at least 4 members (excludes halogenated alkanes) is 2. The van der Waals surface area contributed by atoms with Crippen LogP contribution in [0.1, 0.15) is 49.4 Å². The number of allylic oxidation sites excluding steroid dienone is 2. The highest BCUT2D eigenvalue weighted by atomic mass is 16.2. The summed E-state index contributed by atoms with van der Waals surface area (Å²) in [6, 6.07) is 6.91. The minimum Gasteiger partial charge on any atom is -0.326 e. The van der Waals surface area contributed by atoms with E-state index in [9.17, 15) is 19.2 Å². The molecule has 6 rings (SSSR count). The molecule has 0 unspecified atom stereocenters. The maximum Gasteiger partial charge on any atom is 0.233 e. The number of imide groups is 1. The number of benzene rings is 1. The molecule has 2 saturated carbocycles. The molecule has 162 valence electrons. The van der Waals surface area contributed by atoms with E-state index >= 15 is 0 Å². The number of hydrogen-bond acceptors (Lipinski definition) is 4. The molecule has 1 aromatic rings. The van der Waals surface area contributed by atoms with E-state index in [1.54, 1.807) is 24.3 Å². The molecule has 0 radical (unpaired) electrons. The zero-order valence-corrected chi connectivity index (χ0v) is 17.8. The Bertz CT molecular complexity index is 947. The van der Waals surface area contributed by atoms with Crippen LogP contribution in [-0.2, 0) is 14.4 Å². The van der Waals surface area contributed by atoms with Gasteiger partial charge in [-0.05, 0) is 62.0 Å². The van der Waals surface area contributed by atoms with E-state index in [4.69, 9.17) is 0 Å². The number of Topliss-reactive ketones (excluding diaryl/α,β-unsaturated/α-hetero) is 1. The van der Waals surface area contributed by atoms with Crippen molar-refractivity contribution in [2.75, 3.05) is 11.9 Å². The van der Waals surface area contributed by atoms with E-state index in [2.05, 4.69) is 17.5 Å². The molecule has 1 aliphatic heterocycles. The van der Waals surface area contributed by atoms with Gasteiger partial charge in [-0.15, -0.1) is 0 Å². The summed E-state index contributed by atoms with van der Waals surface area (Å²) in [5.74, 6) is 1.48. The van der Waals surface area contributed by atoms with Gasteiger partial charge in [0.2, 0.25) is 17.7 Å². The lowest BCUT2D eigenvalue weighted by Crippen LogP contribution is -2.40. The molecule has 1 heterocycles. The normalized spacial score (nSPS) is 32.1. The monoisotopic (exact) mass is 420 g/mol. The predicted molar refractivity (Wildman–Crippen MR) is 115 cm³/mol. The summed E-state index contributed by atoms with van der Waals surface area (Å²) >= 11 is 0. The molecule has 4 aliphatic carbocycles. The van der Waals surface area contributed by atoms with Gasteiger partial charge in [-0.1, -0.05) is 30.7 Å². The number of likely N-dealkylation sites (tertiary alicyclic amines) is 1. The molecule has 0 aromatic heterocycles. The fourth-order valence-corrected chi connectivity index (χ4v) is 6.01. The Kier molecular flexibility index (Phi) is 5.03. The molecule has 6 atom stereocenters. The van der Waals surface area contributed by atoms with Crippen molar-refractivity contribution in [1.29, 1.82) is 0 Å². The van der Waals surface area contributed by atoms with Crippen LogP contribution in [0.25, 0.3) is 0 Å². The first kappa shape index (κ1) is 20.2. The van der Waals surface area contributed by atoms with Crippen LogP contribution in [0, 0.1) is 35.5 Å². The number of nitrogens with zero attached hydrogens (tertiary/aromatic N) is 1. The number of hydrogen-bond donors (Lipinski definition) is 1. The molecule has 1 aromatic carbocycles. The topological polar surface area (TPSA) is 83.6 Å². The van der Waals surface area contributed by atoms with Crippen molar-refractivity contribution < 1.29 is 19.2 Å². The third-order valence-electron chi connectivity index (χ3n) is 7.59. The molecule has 31 heavy (non-hydrogen) atoms. The molecular weight excluding hydrogens is 392 g/mol. The number of amides is 3. The minimum absolute atomic E-state index is 0.0304. The summed E-state index contributed by atoms with van der Waals surface area (Å²) in [7, 11) is 0. The van der Waals surface area contributed by atoms with Crippen molar-refractivity contribution in [2.24, 2.45) is 35.5 Å². The van der Waals surface area contributed by atoms with Gasteiger partial charge in [0, 0.05) is 24.2 Å². The van der Waals surface area contributed by atoms with E-state index in [-0.39, 0.29) is 47.2 Å². The number of rotatable bonds is 8. The zero-order chi connectivity index (χ0) is 21.7. The Morgan fingerprint density at radius 2 is 1.68 bits per heavy atom. The van der Waals surface area contributed by atoms with Crippen LogP contribution in [0.2, 0.25) is 0 Å². The smallest absolute Gasteiger partial charge is 0.233 e. The molecule has 3 amide bonds. The molecule has 3 fully saturated rings. The quantitative estimate of drug-likeness (QED) is 0.302. The van der Waals surface area contributed by atoms with Crippen LogP contribution in [0.3, 0.4) is 0 Å². The van der Waals surface area contributed by atoms with E-state index in [0.29, 0.717) is 42.5 Å². The Morgan fingerprint density at radius 1 is 1.00 bits per heavy atom. The number of carbonyl (C=O) groups excluding carboxylic acids is 4. The second kappa shape index (κ2) is 7.74. The summed E-state index contributed by atoms with van der Waals surface area (Å²) in [4.78, 5) is 51.0. The first-order valence-electron chi connectivity index (χ1n) is 11.4. The molecule has 1 saturated heterocycles. The van der Waals surface area contributed by atoms with E-state index in [1.165, 1.54) is 18.2 Å². The molecule has 0 spiro atoms. The van der Waals surface area contributed by atoms with Gasteiger partial charge < -0.3 is 5.32 Å². The van der Waals surface area contributed by atoms with Crippen molar-refractivity contribution in [2.45, 2.75) is 39.0 Å². The second-order valence-electron chi connectivity index (χ2n) is 9.48. The van der Waals surface area contributed by atoms with Crippen LogP contribution in [0.5, 0.6) is 0 Å². The SMILES string of the molecule is CC(=O)c1cccc(NC(=O)CCCCCN2C(=O)[C@@H]3[C@H]4C=C[C@@H]([C@@H]5C[C@H]45)[C@H]3C2=O)c1. The van der Waals surface area contributed by atoms with Gasteiger partial charge in [0.25, 0.3) is 0 Å². The number of ketones is 1. The van der Waals surface area contributed by atoms with Crippen LogP contribution < -0.4 is 5.32 Å². The van der Waals surface area contributed by atoms with Gasteiger partial charge in [-0.2, -0.15) is 0 Å². The molecule has 1 N–H and O–H groups in total. The number of anilines is 1. The Labute approximate surface area is 182 Å². The summed E-state index contributed by atoms with van der Waals surface area (Å²) in [5.41, 5.74) is 1.19. The van der Waals surface area contributed by atoms with Gasteiger partial charge in [-0.3, -0.25) is 24.1 Å². The Balaban J connectivity index is 1.07. The fraction of sp³-hybridized carbons (Fsp3) is 0.520. The molecule has 6 nitrogen and oxygen atoms in total. The third kappa shape index (κ3) is 3.52. The number of carbonyl (C=O) groups is 4. The van der Waals surface area contributed by atoms with Gasteiger partial charge in [0.1, 0.15) is 0 Å². The van der Waals surface area contributed by atoms with Crippen molar-refractivity contribution in [3.63, 3.8) is 0 Å². The largest absolute Gasteiger partial charge is 0.326 e. The Morgan fingerprint density at radius 3 is 2.32 bits per heavy atom. The lowest BCUT2D eigenvalue weighted by Gasteiger charge is -2.37. The van der Waals surface area contributed by atoms with Crippen LogP contribution in [-0.4, -0.2) is 34.9 Å². The van der Waals surface area contributed by atoms with Crippen molar-refractivity contribution in [1.82, 2.24) is 4.90 Å². The average Bonchev–Trinajstić information content (AvgIpc) is 3.53. The molecular formula is C25H28N2O4. The van der Waals surface area contributed by atoms with Crippen LogP contribution in [0.15, 0.2) is 36.4 Å². The second-order valence-corrected chi connectivity index (χ2v) is 9.48. The fourth-order valence-electron chi connectivity index (χ4n) is 6.01. The first-order valence-corrected chi connectivity index (χ1v) is 11.4. The highest BCUT2D eigenvalue weighted by Gasteiger charge is 2.66. The van der Waals surface area contributed by atoms with Crippen molar-refractivity contribution >= 4 is 29.2 Å². The van der Waals surface area contributed by atoms with Gasteiger partial charge in [-0.25, -0.2) is 0 Å². The number of nitrogens with one attached hydrogen (secondary N) is 1. The van der Waals surface area contributed by atoms with E-state index < -0.39 is 0 Å². The standard InChI is InChI=1S/C25H28N2O4/c1-14(28)15-6-5-7-16(12-15)26-21(29)8-3-2-4-11-27-24(30)22-17-9-10-18(20-13-19(17)20)23(22)25(27)31/h5-7,9-10,12,17-20,22-23H,2-4,8,11,13H2,1H3,(H,26,29)/t17-,18-,19-,20+,22+,23+/m0/s1. The molecule has 2 bridgehead atoms. The first-order chi connectivity index (χ1) is 15.0. The molecule has 6 heteroatoms. The van der Waals surface area contributed by atoms with Crippen molar-refractivity contribution in [3.8, 4) is 0 Å². The summed E-state index contributed by atoms with van der Waals surface area (Å²) in [6.45, 7) is 1.96. The zero-order valence-electron chi connectivity index (χ0n) is 17.8. The van der Waals surface area contributed by atoms with Crippen molar-refractivity contribution in [3.05, 3.63) is 42.0 Å². The minimum atomic E-state index is -0.122. The molecule has 5 aliphatic rings. The van der Waals surface area contributed by atoms with Crippen LogP contribution in [0.4, 0.5) is 5.69 Å². The third-order valence-corrected chi connectivity index (χ3v) is 7.59. The highest BCUT2D eigenvalue weighted by molar-refractivity contribution is 6.06. The van der Waals surface area contributed by atoms with Crippen LogP contribution >= 0.6 is 0 Å². The Hall–Kier alpha value is -2.76. The van der Waals surface area contributed by atoms with Gasteiger partial charge in [0.15, 0.2) is 5.78 Å². The maximum absolute atomic E-state index is 12.9. The van der Waals surface area contributed by atoms with E-state index in [1.807, 2.05) is 0 Å². The van der Waals surface area contributed by atoms with E-state index in [0.717, 1.165) is 12.8 Å². The van der Waals surface area contributed by atoms with Gasteiger partial charge >= 0.3 is 0 Å². The lowest BCUT2D eigenvalue weighted by molar-refractivity contribution is -0.140. The highest BCUT2D eigenvalue weighted by Crippen LogP contribution is 2.65. The maximum atomic E-state index is 12.9. The summed E-state index contributed by atoms with van der Waals surface area (Å²) in [5, 5.41) is 2.83. The summed E-state index contributed by atoms with van der Waals surface area (Å²) < 4.78 is 0.